The Morgan fingerprint density at radius 2 is 2.00 bits per heavy atom. The number of hydrogen-bond donors (Lipinski definition) is 5. The molecular weight excluding hydrogens is 484 g/mol. The van der Waals surface area contributed by atoms with Crippen LogP contribution in [-0.4, -0.2) is 104 Å². The van der Waals surface area contributed by atoms with Crippen molar-refractivity contribution in [3.05, 3.63) is 35.9 Å². The first-order chi connectivity index (χ1) is 18.6. The second-order valence-corrected chi connectivity index (χ2v) is 11.0. The molecule has 11 heteroatoms. The maximum Gasteiger partial charge on any atom is 0.244 e. The first-order valence-electron chi connectivity index (χ1n) is 14.2. The van der Waals surface area contributed by atoms with Gasteiger partial charge in [-0.3, -0.25) is 25.8 Å². The highest BCUT2D eigenvalue weighted by Gasteiger charge is 2.52. The van der Waals surface area contributed by atoms with Gasteiger partial charge in [-0.15, -0.1) is 0 Å². The lowest BCUT2D eigenvalue weighted by atomic mass is 10.0. The summed E-state index contributed by atoms with van der Waals surface area (Å²) in [7, 11) is 2.15. The molecule has 5 unspecified atom stereocenters. The molecule has 2 bridgehead atoms. The molecule has 5 aliphatic heterocycles. The zero-order chi connectivity index (χ0) is 26.1. The van der Waals surface area contributed by atoms with E-state index in [0.717, 1.165) is 68.8 Å². The van der Waals surface area contributed by atoms with Gasteiger partial charge in [0.1, 0.15) is 12.5 Å². The van der Waals surface area contributed by atoms with Crippen LogP contribution in [0.2, 0.25) is 0 Å². The molecule has 5 atom stereocenters. The highest BCUT2D eigenvalue weighted by Crippen LogP contribution is 2.32. The number of carbonyl (C=O) groups is 1. The third-order valence-corrected chi connectivity index (χ3v) is 8.49. The molecule has 0 saturated carbocycles. The number of hydrazine groups is 1. The third-order valence-electron chi connectivity index (χ3n) is 8.49. The van der Waals surface area contributed by atoms with Gasteiger partial charge in [0.05, 0.1) is 38.0 Å². The topological polar surface area (TPSA) is 108 Å². The molecule has 11 nitrogen and oxygen atoms in total. The summed E-state index contributed by atoms with van der Waals surface area (Å²) >= 11 is 0. The Morgan fingerprint density at radius 1 is 1.13 bits per heavy atom. The largest absolute Gasteiger partial charge is 0.392 e. The minimum Gasteiger partial charge on any atom is -0.392 e. The van der Waals surface area contributed by atoms with Gasteiger partial charge in [-0.1, -0.05) is 12.2 Å². The van der Waals surface area contributed by atoms with Crippen molar-refractivity contribution in [1.29, 1.82) is 0 Å². The summed E-state index contributed by atoms with van der Waals surface area (Å²) in [6.07, 6.45) is 7.79. The van der Waals surface area contributed by atoms with E-state index in [1.165, 1.54) is 0 Å². The average molecular weight is 527 g/mol. The summed E-state index contributed by atoms with van der Waals surface area (Å²) in [6, 6.07) is 6.23. The number of rotatable bonds is 4. The van der Waals surface area contributed by atoms with Crippen molar-refractivity contribution in [3.8, 4) is 0 Å². The number of piperazine rings is 1. The number of anilines is 2. The van der Waals surface area contributed by atoms with Gasteiger partial charge in [0.25, 0.3) is 0 Å². The van der Waals surface area contributed by atoms with Crippen molar-refractivity contribution in [1.82, 2.24) is 30.9 Å². The summed E-state index contributed by atoms with van der Waals surface area (Å²) in [5.41, 5.74) is 2.96. The van der Waals surface area contributed by atoms with Crippen LogP contribution in [0, 0.1) is 5.92 Å². The van der Waals surface area contributed by atoms with E-state index < -0.39 is 0 Å². The van der Waals surface area contributed by atoms with Gasteiger partial charge >= 0.3 is 0 Å². The Bertz CT molecular complexity index is 1020. The smallest absolute Gasteiger partial charge is 0.244 e. The van der Waals surface area contributed by atoms with E-state index in [0.29, 0.717) is 19.7 Å². The Balaban J connectivity index is 1.18. The molecule has 4 saturated heterocycles. The van der Waals surface area contributed by atoms with Crippen LogP contribution in [0.15, 0.2) is 30.4 Å². The van der Waals surface area contributed by atoms with E-state index in [1.807, 2.05) is 11.1 Å². The zero-order valence-electron chi connectivity index (χ0n) is 22.3. The van der Waals surface area contributed by atoms with E-state index >= 15 is 0 Å². The molecule has 38 heavy (non-hydrogen) atoms. The van der Waals surface area contributed by atoms with Crippen LogP contribution in [0.25, 0.3) is 0 Å². The van der Waals surface area contributed by atoms with Gasteiger partial charge in [0.15, 0.2) is 0 Å². The lowest BCUT2D eigenvalue weighted by molar-refractivity contribution is -0.148. The molecule has 0 spiro atoms. The van der Waals surface area contributed by atoms with Crippen molar-refractivity contribution in [2.24, 2.45) is 5.92 Å². The SMILES string of the molecule is CN1CCN(c2ccc(NC3NCC4C(=O)N5C/C=C\CCOC6CCCC(N6)N5C4N3)cc2CO)CC1. The lowest BCUT2D eigenvalue weighted by Crippen LogP contribution is -2.68. The monoisotopic (exact) mass is 526 g/mol. The number of nitrogens with one attached hydrogen (secondary N) is 4. The summed E-state index contributed by atoms with van der Waals surface area (Å²) in [6.45, 7) is 5.81. The number of amides is 1. The lowest BCUT2D eigenvalue weighted by Gasteiger charge is -2.44. The minimum absolute atomic E-state index is 0.00520. The number of carbonyl (C=O) groups excluding carboxylic acids is 1. The molecule has 0 aromatic heterocycles. The predicted molar refractivity (Wildman–Crippen MR) is 146 cm³/mol. The quantitative estimate of drug-likeness (QED) is 0.350. The Morgan fingerprint density at radius 3 is 2.84 bits per heavy atom. The van der Waals surface area contributed by atoms with Crippen molar-refractivity contribution in [2.45, 2.75) is 57.1 Å². The van der Waals surface area contributed by atoms with E-state index in [2.05, 4.69) is 67.4 Å². The molecule has 6 rings (SSSR count). The van der Waals surface area contributed by atoms with Gasteiger partial charge in [0, 0.05) is 49.7 Å². The van der Waals surface area contributed by atoms with Crippen molar-refractivity contribution in [2.75, 3.05) is 63.1 Å². The van der Waals surface area contributed by atoms with Gasteiger partial charge in [0.2, 0.25) is 5.91 Å². The second kappa shape index (κ2) is 11.5. The highest BCUT2D eigenvalue weighted by atomic mass is 16.5. The molecule has 5 N–H and O–H groups in total. The molecule has 208 valence electrons. The Hall–Kier alpha value is -2.25. The van der Waals surface area contributed by atoms with Crippen LogP contribution in [-0.2, 0) is 16.1 Å². The molecule has 0 aliphatic carbocycles. The number of likely N-dealkylation sites (N-methyl/N-ethyl adjacent to an activating group) is 1. The van der Waals surface area contributed by atoms with Crippen molar-refractivity contribution >= 4 is 17.3 Å². The van der Waals surface area contributed by atoms with E-state index in [9.17, 15) is 9.90 Å². The fraction of sp³-hybridized carbons (Fsp3) is 0.667. The predicted octanol–water partition coefficient (Wildman–Crippen LogP) is 0.223. The standard InChI is InChI=1S/C27H42N8O3/c1-32-11-13-33(14-12-32)22-9-8-20(16-19(22)18-36)29-27-28-17-21-25(31-27)35-23-6-5-7-24(30-23)38-15-4-2-3-10-34(35)26(21)37/h2-3,8-9,16,21,23-25,27-31,36H,4-7,10-15,17-18H2,1H3/b3-2-. The van der Waals surface area contributed by atoms with Crippen LogP contribution in [0.3, 0.4) is 0 Å². The molecule has 5 aliphatic rings. The maximum atomic E-state index is 13.5. The van der Waals surface area contributed by atoms with Crippen LogP contribution in [0.1, 0.15) is 31.2 Å². The van der Waals surface area contributed by atoms with Gasteiger partial charge in [-0.25, -0.2) is 0 Å². The number of ether oxygens (including phenoxy) is 1. The molecule has 0 radical (unpaired) electrons. The summed E-state index contributed by atoms with van der Waals surface area (Å²) in [5, 5.41) is 28.7. The number of aliphatic hydroxyl groups is 1. The Labute approximate surface area is 225 Å². The first-order valence-corrected chi connectivity index (χ1v) is 14.2. The molecule has 1 amide bonds. The van der Waals surface area contributed by atoms with E-state index in [-0.39, 0.29) is 43.3 Å². The fourth-order valence-electron chi connectivity index (χ4n) is 6.39. The first kappa shape index (κ1) is 26.0. The number of benzene rings is 1. The van der Waals surface area contributed by atoms with Crippen LogP contribution < -0.4 is 26.2 Å². The number of fused-ring (bicyclic) bond motifs is 6. The van der Waals surface area contributed by atoms with Crippen LogP contribution >= 0.6 is 0 Å². The molecule has 1 aromatic carbocycles. The van der Waals surface area contributed by atoms with Gasteiger partial charge < -0.3 is 25.0 Å². The van der Waals surface area contributed by atoms with Crippen LogP contribution in [0.5, 0.6) is 0 Å². The molecular formula is C27H42N8O3. The van der Waals surface area contributed by atoms with Gasteiger partial charge in [-0.05, 0) is 50.9 Å². The Kier molecular flexibility index (Phi) is 7.85. The second-order valence-electron chi connectivity index (χ2n) is 11.0. The average Bonchev–Trinajstić information content (AvgIpc) is 3.20. The summed E-state index contributed by atoms with van der Waals surface area (Å²) in [4.78, 5) is 18.2. The normalized spacial score (nSPS) is 33.8. The maximum absolute atomic E-state index is 13.5. The molecule has 1 aromatic rings. The molecule has 4 fully saturated rings. The summed E-state index contributed by atoms with van der Waals surface area (Å²) in [5.74, 6) is -0.0126. The third kappa shape index (κ3) is 5.29. The molecule has 5 heterocycles. The fourth-order valence-corrected chi connectivity index (χ4v) is 6.39. The highest BCUT2D eigenvalue weighted by molar-refractivity contribution is 5.82. The van der Waals surface area contributed by atoms with Crippen molar-refractivity contribution in [3.63, 3.8) is 0 Å². The number of piperidine rings is 1. The summed E-state index contributed by atoms with van der Waals surface area (Å²) < 4.78 is 6.07. The van der Waals surface area contributed by atoms with E-state index in [1.54, 1.807) is 0 Å². The van der Waals surface area contributed by atoms with Gasteiger partial charge in [-0.2, -0.15) is 5.01 Å². The number of hydrogen-bond acceptors (Lipinski definition) is 10. The number of aliphatic hydroxyl groups excluding tert-OH is 1. The number of nitrogens with zero attached hydrogens (tertiary/aromatic N) is 4. The minimum atomic E-state index is -0.214. The zero-order valence-corrected chi connectivity index (χ0v) is 22.3. The van der Waals surface area contributed by atoms with Crippen LogP contribution in [0.4, 0.5) is 11.4 Å². The van der Waals surface area contributed by atoms with Crippen molar-refractivity contribution < 1.29 is 14.6 Å². The van der Waals surface area contributed by atoms with E-state index in [4.69, 9.17) is 4.74 Å².